The van der Waals surface area contributed by atoms with Crippen LogP contribution >= 0.6 is 0 Å². The molecule has 0 spiro atoms. The highest BCUT2D eigenvalue weighted by Gasteiger charge is 2.04. The maximum atomic E-state index is 11.7. The molecule has 0 bridgehead atoms. The number of carbonyl (C=O) groups excluding carboxylic acids is 2. The molecule has 0 fully saturated rings. The van der Waals surface area contributed by atoms with Crippen molar-refractivity contribution in [3.05, 3.63) is 35.4 Å². The lowest BCUT2D eigenvalue weighted by molar-refractivity contribution is -0.305. The number of aryl methyl sites for hydroxylation is 1. The predicted octanol–water partition coefficient (Wildman–Crippen LogP) is 1.88. The minimum Gasteiger partial charge on any atom is -0.550 e. The Morgan fingerprint density at radius 1 is 1.00 bits per heavy atom. The van der Waals surface area contributed by atoms with Crippen molar-refractivity contribution in [3.63, 3.8) is 0 Å². The molecule has 0 amide bonds. The summed E-state index contributed by atoms with van der Waals surface area (Å²) in [5.41, 5.74) is 1.87. The second-order valence-electron chi connectivity index (χ2n) is 4.22. The molecular weight excluding hydrogens is 216 g/mol. The van der Waals surface area contributed by atoms with Crippen molar-refractivity contribution >= 4 is 11.8 Å². The van der Waals surface area contributed by atoms with Crippen LogP contribution in [0.4, 0.5) is 0 Å². The number of benzene rings is 1. The van der Waals surface area contributed by atoms with E-state index in [1.54, 1.807) is 0 Å². The first kappa shape index (κ1) is 13.4. The first-order chi connectivity index (χ1) is 8.09. The van der Waals surface area contributed by atoms with E-state index in [-0.39, 0.29) is 12.2 Å². The molecule has 0 heterocycles. The highest BCUT2D eigenvalue weighted by Crippen LogP contribution is 2.10. The van der Waals surface area contributed by atoms with Gasteiger partial charge in [0, 0.05) is 18.0 Å². The zero-order chi connectivity index (χ0) is 12.7. The van der Waals surface area contributed by atoms with E-state index in [1.165, 1.54) is 0 Å². The summed E-state index contributed by atoms with van der Waals surface area (Å²) >= 11 is 0. The van der Waals surface area contributed by atoms with Crippen LogP contribution in [0.25, 0.3) is 0 Å². The summed E-state index contributed by atoms with van der Waals surface area (Å²) in [6.45, 7) is 1.98. The summed E-state index contributed by atoms with van der Waals surface area (Å²) in [4.78, 5) is 21.9. The summed E-state index contributed by atoms with van der Waals surface area (Å²) in [5.74, 6) is -0.895. The molecule has 0 N–H and O–H groups in total. The number of carboxylic acid groups (broad SMARTS) is 1. The van der Waals surface area contributed by atoms with E-state index in [1.807, 2.05) is 31.2 Å². The van der Waals surface area contributed by atoms with Crippen molar-refractivity contribution in [1.29, 1.82) is 0 Å². The van der Waals surface area contributed by atoms with Gasteiger partial charge in [0.2, 0.25) is 0 Å². The van der Waals surface area contributed by atoms with E-state index in [0.717, 1.165) is 24.0 Å². The summed E-state index contributed by atoms with van der Waals surface area (Å²) in [6.07, 6.45) is 2.64. The second-order valence-corrected chi connectivity index (χ2v) is 4.22. The molecule has 0 aliphatic rings. The van der Waals surface area contributed by atoms with Gasteiger partial charge in [-0.1, -0.05) is 36.2 Å². The van der Waals surface area contributed by atoms with Crippen LogP contribution in [-0.2, 0) is 4.79 Å². The molecule has 3 heteroatoms. The number of ketones is 1. The largest absolute Gasteiger partial charge is 0.550 e. The molecule has 0 aliphatic carbocycles. The molecule has 92 valence electrons. The van der Waals surface area contributed by atoms with Crippen molar-refractivity contribution in [1.82, 2.24) is 0 Å². The van der Waals surface area contributed by atoms with E-state index in [0.29, 0.717) is 12.8 Å². The minimum absolute atomic E-state index is 0.0821. The van der Waals surface area contributed by atoms with Crippen molar-refractivity contribution in [2.45, 2.75) is 39.0 Å². The van der Waals surface area contributed by atoms with Crippen LogP contribution in [0.1, 0.15) is 48.0 Å². The van der Waals surface area contributed by atoms with Gasteiger partial charge in [-0.15, -0.1) is 0 Å². The standard InChI is InChI=1S/C14H18O3/c1-11-7-9-12(10-8-11)13(15)5-3-2-4-6-14(16)17/h7-10H,2-6H2,1H3,(H,16,17)/p-1. The summed E-state index contributed by atoms with van der Waals surface area (Å²) in [5, 5.41) is 10.2. The molecule has 0 aliphatic heterocycles. The normalized spacial score (nSPS) is 10.2. The molecule has 0 aromatic heterocycles. The Labute approximate surface area is 101 Å². The van der Waals surface area contributed by atoms with Gasteiger partial charge in [-0.05, 0) is 26.2 Å². The van der Waals surface area contributed by atoms with Crippen LogP contribution in [0, 0.1) is 6.92 Å². The Morgan fingerprint density at radius 2 is 1.59 bits per heavy atom. The Hall–Kier alpha value is -1.64. The fourth-order valence-corrected chi connectivity index (χ4v) is 1.62. The van der Waals surface area contributed by atoms with Gasteiger partial charge in [0.1, 0.15) is 0 Å². The molecule has 0 saturated carbocycles. The topological polar surface area (TPSA) is 57.2 Å². The van der Waals surface area contributed by atoms with Crippen molar-refractivity contribution in [2.75, 3.05) is 0 Å². The third-order valence-corrected chi connectivity index (χ3v) is 2.66. The van der Waals surface area contributed by atoms with Crippen molar-refractivity contribution in [2.24, 2.45) is 0 Å². The number of rotatable bonds is 7. The van der Waals surface area contributed by atoms with Crippen LogP contribution in [0.3, 0.4) is 0 Å². The summed E-state index contributed by atoms with van der Waals surface area (Å²) < 4.78 is 0. The highest BCUT2D eigenvalue weighted by molar-refractivity contribution is 5.96. The lowest BCUT2D eigenvalue weighted by Crippen LogP contribution is -2.21. The first-order valence-electron chi connectivity index (χ1n) is 5.89. The summed E-state index contributed by atoms with van der Waals surface area (Å²) in [7, 11) is 0. The van der Waals surface area contributed by atoms with Gasteiger partial charge >= 0.3 is 0 Å². The van der Waals surface area contributed by atoms with Crippen LogP contribution in [0.15, 0.2) is 24.3 Å². The van der Waals surface area contributed by atoms with Gasteiger partial charge < -0.3 is 9.90 Å². The van der Waals surface area contributed by atoms with E-state index >= 15 is 0 Å². The fourth-order valence-electron chi connectivity index (χ4n) is 1.62. The number of carboxylic acids is 1. The number of unbranched alkanes of at least 4 members (excludes halogenated alkanes) is 2. The van der Waals surface area contributed by atoms with E-state index in [4.69, 9.17) is 0 Å². The maximum Gasteiger partial charge on any atom is 0.162 e. The average Bonchev–Trinajstić information content (AvgIpc) is 2.29. The van der Waals surface area contributed by atoms with Crippen molar-refractivity contribution < 1.29 is 14.7 Å². The molecule has 17 heavy (non-hydrogen) atoms. The smallest absolute Gasteiger partial charge is 0.162 e. The Bertz CT molecular complexity index is 379. The molecular formula is C14H17O3-. The van der Waals surface area contributed by atoms with E-state index < -0.39 is 5.97 Å². The molecule has 3 nitrogen and oxygen atoms in total. The van der Waals surface area contributed by atoms with Gasteiger partial charge in [-0.2, -0.15) is 0 Å². The SMILES string of the molecule is Cc1ccc(C(=O)CCCCCC(=O)[O-])cc1. The molecule has 1 aromatic rings. The quantitative estimate of drug-likeness (QED) is 0.533. The average molecular weight is 233 g/mol. The maximum absolute atomic E-state index is 11.7. The monoisotopic (exact) mass is 233 g/mol. The van der Waals surface area contributed by atoms with E-state index in [9.17, 15) is 14.7 Å². The van der Waals surface area contributed by atoms with Gasteiger partial charge in [0.05, 0.1) is 0 Å². The molecule has 1 rings (SSSR count). The predicted molar refractivity (Wildman–Crippen MR) is 63.6 cm³/mol. The lowest BCUT2D eigenvalue weighted by Gasteiger charge is -2.03. The second kappa shape index (κ2) is 6.84. The molecule has 0 atom stereocenters. The Kier molecular flexibility index (Phi) is 5.40. The van der Waals surface area contributed by atoms with Crippen LogP contribution in [0.5, 0.6) is 0 Å². The van der Waals surface area contributed by atoms with Crippen LogP contribution in [0.2, 0.25) is 0 Å². The Balaban J connectivity index is 2.25. The number of carbonyl (C=O) groups is 2. The number of hydrogen-bond acceptors (Lipinski definition) is 3. The van der Waals surface area contributed by atoms with Crippen LogP contribution < -0.4 is 5.11 Å². The summed E-state index contributed by atoms with van der Waals surface area (Å²) in [6, 6.07) is 7.50. The Morgan fingerprint density at radius 3 is 2.18 bits per heavy atom. The van der Waals surface area contributed by atoms with Gasteiger partial charge in [-0.3, -0.25) is 4.79 Å². The molecule has 1 aromatic carbocycles. The molecule has 0 saturated heterocycles. The highest BCUT2D eigenvalue weighted by atomic mass is 16.4. The molecule has 0 radical (unpaired) electrons. The number of hydrogen-bond donors (Lipinski definition) is 0. The fraction of sp³-hybridized carbons (Fsp3) is 0.429. The van der Waals surface area contributed by atoms with Crippen LogP contribution in [-0.4, -0.2) is 11.8 Å². The number of Topliss-reactive ketones (excluding diaryl/α,β-unsaturated/α-hetero) is 1. The molecule has 0 unspecified atom stereocenters. The van der Waals surface area contributed by atoms with Gasteiger partial charge in [-0.25, -0.2) is 0 Å². The van der Waals surface area contributed by atoms with Gasteiger partial charge in [0.15, 0.2) is 5.78 Å². The lowest BCUT2D eigenvalue weighted by atomic mass is 10.0. The van der Waals surface area contributed by atoms with Gasteiger partial charge in [0.25, 0.3) is 0 Å². The van der Waals surface area contributed by atoms with E-state index in [2.05, 4.69) is 0 Å². The zero-order valence-corrected chi connectivity index (χ0v) is 10.1. The third kappa shape index (κ3) is 5.29. The first-order valence-corrected chi connectivity index (χ1v) is 5.89. The third-order valence-electron chi connectivity index (χ3n) is 2.66. The number of aliphatic carboxylic acids is 1. The zero-order valence-electron chi connectivity index (χ0n) is 10.1. The van der Waals surface area contributed by atoms with Crippen molar-refractivity contribution in [3.8, 4) is 0 Å². The minimum atomic E-state index is -1.02.